The van der Waals surface area contributed by atoms with Gasteiger partial charge in [0.25, 0.3) is 5.91 Å². The summed E-state index contributed by atoms with van der Waals surface area (Å²) >= 11 is 0. The van der Waals surface area contributed by atoms with E-state index in [1.54, 1.807) is 30.3 Å². The zero-order valence-electron chi connectivity index (χ0n) is 14.5. The summed E-state index contributed by atoms with van der Waals surface area (Å²) in [5, 5.41) is 19.0. The molecule has 0 aliphatic heterocycles. The lowest BCUT2D eigenvalue weighted by molar-refractivity contribution is -0.137. The molecule has 6 nitrogen and oxygen atoms in total. The molecule has 0 saturated carbocycles. The van der Waals surface area contributed by atoms with E-state index in [1.165, 1.54) is 18.6 Å². The van der Waals surface area contributed by atoms with Gasteiger partial charge in [0.15, 0.2) is 0 Å². The monoisotopic (exact) mass is 396 g/mol. The van der Waals surface area contributed by atoms with E-state index in [1.807, 2.05) is 0 Å². The second-order valence-electron chi connectivity index (χ2n) is 6.17. The number of alkyl halides is 3. The first-order valence-corrected chi connectivity index (χ1v) is 8.30. The van der Waals surface area contributed by atoms with Crippen molar-refractivity contribution >= 4 is 22.5 Å². The number of anilines is 1. The minimum Gasteiger partial charge on any atom is -0.472 e. The zero-order chi connectivity index (χ0) is 20.6. The summed E-state index contributed by atoms with van der Waals surface area (Å²) in [7, 11) is 0. The Morgan fingerprint density at radius 1 is 1.17 bits per heavy atom. The molecule has 0 saturated heterocycles. The first-order chi connectivity index (χ1) is 13.9. The van der Waals surface area contributed by atoms with Gasteiger partial charge in [0.1, 0.15) is 5.69 Å². The first kappa shape index (κ1) is 18.3. The Morgan fingerprint density at radius 2 is 2.00 bits per heavy atom. The minimum atomic E-state index is -4.78. The molecule has 0 bridgehead atoms. The molecule has 2 N–H and O–H groups in total. The van der Waals surface area contributed by atoms with Gasteiger partial charge in [-0.2, -0.15) is 23.5 Å². The van der Waals surface area contributed by atoms with Crippen LogP contribution in [0.4, 0.5) is 18.9 Å². The van der Waals surface area contributed by atoms with E-state index in [9.17, 15) is 18.0 Å². The molecule has 0 radical (unpaired) electrons. The quantitative estimate of drug-likeness (QED) is 0.511. The lowest BCUT2D eigenvalue weighted by atomic mass is 10.0. The number of aromatic nitrogens is 2. The number of benzene rings is 2. The number of fused-ring (bicyclic) bond motifs is 1. The van der Waals surface area contributed by atoms with Crippen LogP contribution in [0.1, 0.15) is 21.5 Å². The lowest BCUT2D eigenvalue weighted by Gasteiger charge is -2.13. The number of nitrogens with zero attached hydrogens (tertiary/aromatic N) is 2. The number of nitrogens with one attached hydrogen (secondary N) is 2. The van der Waals surface area contributed by atoms with Gasteiger partial charge in [-0.1, -0.05) is 0 Å². The van der Waals surface area contributed by atoms with Crippen LogP contribution in [-0.4, -0.2) is 16.1 Å². The summed E-state index contributed by atoms with van der Waals surface area (Å²) in [5.41, 5.74) is 0.361. The van der Waals surface area contributed by atoms with Crippen LogP contribution >= 0.6 is 0 Å². The third-order valence-corrected chi connectivity index (χ3v) is 4.31. The molecule has 0 atom stereocenters. The maximum atomic E-state index is 13.3. The average Bonchev–Trinajstić information content (AvgIpc) is 3.36. The predicted molar refractivity (Wildman–Crippen MR) is 97.9 cm³/mol. The number of halogens is 3. The van der Waals surface area contributed by atoms with Crippen LogP contribution in [0.25, 0.3) is 22.2 Å². The highest BCUT2D eigenvalue weighted by molar-refractivity contribution is 6.07. The minimum absolute atomic E-state index is 0.182. The lowest BCUT2D eigenvalue weighted by Crippen LogP contribution is -2.19. The number of carbonyl (C=O) groups is 1. The Labute approximate surface area is 161 Å². The molecule has 4 rings (SSSR count). The predicted octanol–water partition coefficient (Wildman–Crippen LogP) is 4.97. The number of furan rings is 1. The summed E-state index contributed by atoms with van der Waals surface area (Å²) in [6.07, 6.45) is -1.78. The first-order valence-electron chi connectivity index (χ1n) is 8.30. The van der Waals surface area contributed by atoms with Gasteiger partial charge in [0.05, 0.1) is 40.8 Å². The van der Waals surface area contributed by atoms with E-state index in [0.29, 0.717) is 33.9 Å². The van der Waals surface area contributed by atoms with E-state index in [2.05, 4.69) is 15.5 Å². The molecule has 0 spiro atoms. The molecule has 0 unspecified atom stereocenters. The largest absolute Gasteiger partial charge is 0.472 e. The number of aromatic amines is 1. The molecular formula is C20H11F3N4O2. The molecule has 0 aliphatic rings. The highest BCUT2D eigenvalue weighted by atomic mass is 19.4. The van der Waals surface area contributed by atoms with Crippen LogP contribution in [0.3, 0.4) is 0 Å². The fourth-order valence-corrected chi connectivity index (χ4v) is 2.96. The Hall–Kier alpha value is -4.06. The summed E-state index contributed by atoms with van der Waals surface area (Å²) in [6, 6.07) is 11.0. The van der Waals surface area contributed by atoms with Crippen LogP contribution in [0.5, 0.6) is 0 Å². The maximum absolute atomic E-state index is 13.3. The molecule has 29 heavy (non-hydrogen) atoms. The van der Waals surface area contributed by atoms with Crippen molar-refractivity contribution in [1.29, 1.82) is 5.26 Å². The number of carbonyl (C=O) groups excluding carboxylic acids is 1. The molecule has 9 heteroatoms. The number of nitriles is 1. The number of hydrogen-bond donors (Lipinski definition) is 2. The maximum Gasteiger partial charge on any atom is 0.417 e. The summed E-state index contributed by atoms with van der Waals surface area (Å²) < 4.78 is 45.0. The van der Waals surface area contributed by atoms with Crippen molar-refractivity contribution in [2.75, 3.05) is 5.32 Å². The highest BCUT2D eigenvalue weighted by Gasteiger charge is 2.35. The molecule has 0 aliphatic carbocycles. The van der Waals surface area contributed by atoms with Crippen molar-refractivity contribution < 1.29 is 22.4 Å². The summed E-state index contributed by atoms with van der Waals surface area (Å²) in [5.74, 6) is -0.936. The number of rotatable bonds is 3. The standard InChI is InChI=1S/C20H11F3N4O2/c21-20(22,23)16-7-11(9-24)1-3-14(16)19(28)25-13-2-4-17-15(8-13)18(27-26-17)12-5-6-29-10-12/h1-8,10H,(H,25,28)(H,26,27). The Balaban J connectivity index is 1.70. The fourth-order valence-electron chi connectivity index (χ4n) is 2.96. The van der Waals surface area contributed by atoms with Gasteiger partial charge < -0.3 is 9.73 Å². The average molecular weight is 396 g/mol. The Bertz CT molecular complexity index is 1250. The van der Waals surface area contributed by atoms with E-state index in [4.69, 9.17) is 9.68 Å². The smallest absolute Gasteiger partial charge is 0.417 e. The molecule has 1 amide bonds. The molecule has 2 heterocycles. The molecule has 2 aromatic heterocycles. The fraction of sp³-hybridized carbons (Fsp3) is 0.0500. The van der Waals surface area contributed by atoms with Gasteiger partial charge in [0.2, 0.25) is 0 Å². The van der Waals surface area contributed by atoms with Crippen molar-refractivity contribution in [2.45, 2.75) is 6.18 Å². The van der Waals surface area contributed by atoms with Crippen molar-refractivity contribution in [3.8, 4) is 17.3 Å². The van der Waals surface area contributed by atoms with E-state index < -0.39 is 23.2 Å². The van der Waals surface area contributed by atoms with Crippen LogP contribution in [-0.2, 0) is 6.18 Å². The highest BCUT2D eigenvalue weighted by Crippen LogP contribution is 2.33. The summed E-state index contributed by atoms with van der Waals surface area (Å²) in [4.78, 5) is 12.5. The van der Waals surface area contributed by atoms with Crippen LogP contribution in [0, 0.1) is 11.3 Å². The van der Waals surface area contributed by atoms with Gasteiger partial charge in [-0.05, 0) is 42.5 Å². The van der Waals surface area contributed by atoms with Gasteiger partial charge >= 0.3 is 6.18 Å². The van der Waals surface area contributed by atoms with E-state index >= 15 is 0 Å². The van der Waals surface area contributed by atoms with Crippen LogP contribution in [0.2, 0.25) is 0 Å². The number of amides is 1. The normalized spacial score (nSPS) is 11.4. The second-order valence-corrected chi connectivity index (χ2v) is 6.17. The molecule has 0 fully saturated rings. The topological polar surface area (TPSA) is 94.7 Å². The van der Waals surface area contributed by atoms with Crippen molar-refractivity contribution in [3.63, 3.8) is 0 Å². The van der Waals surface area contributed by atoms with Gasteiger partial charge in [0, 0.05) is 16.6 Å². The third-order valence-electron chi connectivity index (χ3n) is 4.31. The van der Waals surface area contributed by atoms with Crippen molar-refractivity contribution in [2.24, 2.45) is 0 Å². The molecular weight excluding hydrogens is 385 g/mol. The molecule has 2 aromatic carbocycles. The van der Waals surface area contributed by atoms with E-state index in [-0.39, 0.29) is 5.56 Å². The third kappa shape index (κ3) is 3.43. The van der Waals surface area contributed by atoms with Crippen LogP contribution < -0.4 is 5.32 Å². The summed E-state index contributed by atoms with van der Waals surface area (Å²) in [6.45, 7) is 0. The van der Waals surface area contributed by atoms with Crippen molar-refractivity contribution in [1.82, 2.24) is 10.2 Å². The van der Waals surface area contributed by atoms with Gasteiger partial charge in [-0.3, -0.25) is 9.89 Å². The Morgan fingerprint density at radius 3 is 2.69 bits per heavy atom. The molecule has 4 aromatic rings. The van der Waals surface area contributed by atoms with E-state index in [0.717, 1.165) is 6.07 Å². The van der Waals surface area contributed by atoms with Crippen LogP contribution in [0.15, 0.2) is 59.4 Å². The van der Waals surface area contributed by atoms with Gasteiger partial charge in [-0.15, -0.1) is 0 Å². The van der Waals surface area contributed by atoms with Gasteiger partial charge in [-0.25, -0.2) is 0 Å². The second kappa shape index (κ2) is 6.83. The number of hydrogen-bond acceptors (Lipinski definition) is 4. The van der Waals surface area contributed by atoms with Crippen molar-refractivity contribution in [3.05, 3.63) is 71.7 Å². The SMILES string of the molecule is N#Cc1ccc(C(=O)Nc2ccc3[nH]nc(-c4ccoc4)c3c2)c(C(F)(F)F)c1. The zero-order valence-corrected chi connectivity index (χ0v) is 14.5. The number of H-pyrrole nitrogens is 1. The Kier molecular flexibility index (Phi) is 4.31. The molecule has 144 valence electrons.